The summed E-state index contributed by atoms with van der Waals surface area (Å²) in [5.41, 5.74) is -6.25. The van der Waals surface area contributed by atoms with Crippen LogP contribution in [0.3, 0.4) is 0 Å². The van der Waals surface area contributed by atoms with Crippen LogP contribution in [-0.2, 0) is 67.2 Å². The maximum Gasteiger partial charge on any atom is 0.402 e. The van der Waals surface area contributed by atoms with Gasteiger partial charge in [0.25, 0.3) is 0 Å². The molecule has 0 bridgehead atoms. The summed E-state index contributed by atoms with van der Waals surface area (Å²) in [5.74, 6) is 0.333. The van der Waals surface area contributed by atoms with Crippen molar-refractivity contribution in [2.45, 2.75) is 210 Å². The lowest BCUT2D eigenvalue weighted by atomic mass is 9.92. The number of carbonyl (C=O) groups excluding carboxylic acids is 2. The highest BCUT2D eigenvalue weighted by molar-refractivity contribution is 7.98. The van der Waals surface area contributed by atoms with Gasteiger partial charge in [0.1, 0.15) is 31.2 Å². The molecular formula is C91H180F12O14S4. The molecular weight excluding hydrogens is 1670 g/mol. The maximum absolute atomic E-state index is 11.6. The van der Waals surface area contributed by atoms with Crippen molar-refractivity contribution in [1.29, 1.82) is 0 Å². The molecule has 0 aromatic heterocycles. The van der Waals surface area contributed by atoms with Crippen molar-refractivity contribution in [3.05, 3.63) is 182 Å². The van der Waals surface area contributed by atoms with E-state index in [0.717, 1.165) is 25.0 Å². The average Bonchev–Trinajstić information content (AvgIpc) is 0.800. The van der Waals surface area contributed by atoms with Gasteiger partial charge >= 0.3 is 24.7 Å². The first kappa shape index (κ1) is 174. The molecule has 0 fully saturated rings. The van der Waals surface area contributed by atoms with E-state index in [1.807, 2.05) is 221 Å². The Labute approximate surface area is 745 Å². The standard InChI is InChI=1S/5C6H6.2C5H6F6.2C5H12.2C3H6O.3C3H8.2C2H6O2S.8C2H6O.2C2H6S.C2H6/c5*1-2-4-6-5-3-1;2*1-3(2,4(6,7)8)5(9,10)11;2*1-5(2,3)4;2*1-3(2)4;3*1-3-2;2*1-5(2,3)4;10*1-3-2;1-2/h5*1-6H;2*1-2H3;2*1-4H3;2*1-2H3;3*3H2,1-2H3;2*1-2H3;10*1-2H3;1-2H3. The number of thioether (sulfide) groups is 2. The van der Waals surface area contributed by atoms with Crippen LogP contribution in [0, 0.1) is 21.7 Å². The maximum atomic E-state index is 11.6. The summed E-state index contributed by atoms with van der Waals surface area (Å²) in [6.45, 7) is 40.8. The van der Waals surface area contributed by atoms with Crippen molar-refractivity contribution in [3.63, 3.8) is 0 Å². The third-order valence-electron chi connectivity index (χ3n) is 6.17. The Morgan fingerprint density at radius 2 is 0.264 bits per heavy atom. The second-order valence-electron chi connectivity index (χ2n) is 27.3. The molecule has 0 aliphatic rings. The second kappa shape index (κ2) is 138. The highest BCUT2D eigenvalue weighted by Gasteiger charge is 2.65. The molecule has 0 amide bonds. The number of hydrogen-bond acceptors (Lipinski definition) is 16. The molecule has 0 spiro atoms. The molecule has 5 aromatic carbocycles. The topological polar surface area (TPSA) is 176 Å². The van der Waals surface area contributed by atoms with Gasteiger partial charge < -0.3 is 47.5 Å². The molecule has 0 atom stereocenters. The average molecular weight is 1850 g/mol. The highest BCUT2D eigenvalue weighted by atomic mass is 32.2. The van der Waals surface area contributed by atoms with Crippen LogP contribution >= 0.6 is 23.5 Å². The summed E-state index contributed by atoms with van der Waals surface area (Å²) in [6, 6.07) is 60.0. The third-order valence-corrected chi connectivity index (χ3v) is 6.17. The molecule has 0 heterocycles. The molecule has 5 aromatic rings. The number of halogens is 12. The Hall–Kier alpha value is -5.12. The Bertz CT molecular complexity index is 2090. The molecule has 0 saturated heterocycles. The van der Waals surface area contributed by atoms with Gasteiger partial charge in [0, 0.05) is 139 Å². The molecule has 736 valence electrons. The number of alkyl halides is 12. The zero-order chi connectivity index (χ0) is 103. The van der Waals surface area contributed by atoms with Crippen molar-refractivity contribution >= 4 is 54.8 Å². The number of benzene rings is 5. The summed E-state index contributed by atoms with van der Waals surface area (Å²) in [6.07, 6.45) is -4.42. The number of rotatable bonds is 0. The summed E-state index contributed by atoms with van der Waals surface area (Å²) in [4.78, 5) is 18.9. The van der Waals surface area contributed by atoms with Crippen molar-refractivity contribution in [3.8, 4) is 0 Å². The van der Waals surface area contributed by atoms with E-state index >= 15 is 0 Å². The summed E-state index contributed by atoms with van der Waals surface area (Å²) < 4.78 is 212. The normalized spacial score (nSPS) is 9.12. The van der Waals surface area contributed by atoms with E-state index in [9.17, 15) is 79.1 Å². The number of ether oxygens (including phenoxy) is 8. The number of methoxy groups -OCH3 is 8. The van der Waals surface area contributed by atoms with Crippen LogP contribution in [-0.4, -0.2) is 217 Å². The van der Waals surface area contributed by atoms with E-state index in [-0.39, 0.29) is 39.3 Å². The minimum Gasteiger partial charge on any atom is -0.388 e. The first-order valence-corrected chi connectivity index (χ1v) is 45.2. The van der Waals surface area contributed by atoms with Crippen LogP contribution in [0.4, 0.5) is 52.7 Å². The van der Waals surface area contributed by atoms with Crippen molar-refractivity contribution in [2.24, 2.45) is 21.7 Å². The van der Waals surface area contributed by atoms with Gasteiger partial charge in [-0.3, -0.25) is 0 Å². The Kier molecular flexibility index (Phi) is 198. The molecule has 14 nitrogen and oxygen atoms in total. The zero-order valence-corrected chi connectivity index (χ0v) is 87.6. The van der Waals surface area contributed by atoms with E-state index in [4.69, 9.17) is 0 Å². The van der Waals surface area contributed by atoms with Gasteiger partial charge in [0.2, 0.25) is 0 Å². The van der Waals surface area contributed by atoms with Gasteiger partial charge in [-0.2, -0.15) is 76.2 Å². The fourth-order valence-corrected chi connectivity index (χ4v) is 2.25. The van der Waals surface area contributed by atoms with Crippen molar-refractivity contribution < 1.29 is 117 Å². The molecule has 121 heavy (non-hydrogen) atoms. The van der Waals surface area contributed by atoms with Crippen molar-refractivity contribution in [2.75, 3.05) is 164 Å². The molecule has 0 N–H and O–H groups in total. The quantitative estimate of drug-likeness (QED) is 0.134. The molecule has 0 aliphatic heterocycles. The van der Waals surface area contributed by atoms with Crippen LogP contribution in [0.5, 0.6) is 0 Å². The van der Waals surface area contributed by atoms with Crippen LogP contribution in [0.15, 0.2) is 182 Å². The van der Waals surface area contributed by atoms with Gasteiger partial charge in [0.15, 0.2) is 10.8 Å². The lowest BCUT2D eigenvalue weighted by molar-refractivity contribution is -0.328. The molecule has 30 heteroatoms. The second-order valence-corrected chi connectivity index (χ2v) is 33.5. The number of Topliss-reactive ketones (excluding diaryl/α,β-unsaturated/α-hetero) is 2. The Morgan fingerprint density at radius 1 is 0.240 bits per heavy atom. The first-order chi connectivity index (χ1) is 54.8. The molecule has 0 aliphatic carbocycles. The lowest BCUT2D eigenvalue weighted by Crippen LogP contribution is -2.44. The predicted octanol–water partition coefficient (Wildman–Crippen LogP) is 28.7. The monoisotopic (exact) mass is 1850 g/mol. The Balaban J connectivity index is -0.0000000426. The van der Waals surface area contributed by atoms with Gasteiger partial charge in [-0.1, -0.05) is 312 Å². The fourth-order valence-electron chi connectivity index (χ4n) is 2.25. The largest absolute Gasteiger partial charge is 0.402 e. The highest BCUT2D eigenvalue weighted by Crippen LogP contribution is 2.50. The number of hydrogen-bond donors (Lipinski definition) is 0. The zero-order valence-electron chi connectivity index (χ0n) is 84.3. The van der Waals surface area contributed by atoms with Crippen LogP contribution in [0.25, 0.3) is 0 Å². The minimum absolute atomic E-state index is 0.104. The van der Waals surface area contributed by atoms with Crippen LogP contribution in [0.2, 0.25) is 0 Å². The summed E-state index contributed by atoms with van der Waals surface area (Å²) in [5, 5.41) is 0. The third kappa shape index (κ3) is 395. The fraction of sp³-hybridized carbons (Fsp3) is 0.648. The van der Waals surface area contributed by atoms with E-state index in [2.05, 4.69) is 135 Å². The van der Waals surface area contributed by atoms with E-state index < -0.39 is 55.2 Å². The Morgan fingerprint density at radius 3 is 0.273 bits per heavy atom. The van der Waals surface area contributed by atoms with Crippen molar-refractivity contribution in [1.82, 2.24) is 0 Å². The predicted molar refractivity (Wildman–Crippen MR) is 510 cm³/mol. The lowest BCUT2D eigenvalue weighted by Gasteiger charge is -2.29. The molecule has 0 saturated carbocycles. The van der Waals surface area contributed by atoms with E-state index in [1.54, 1.807) is 137 Å². The van der Waals surface area contributed by atoms with E-state index in [1.165, 1.54) is 47.0 Å². The number of ketones is 2. The van der Waals surface area contributed by atoms with Gasteiger partial charge in [-0.05, 0) is 91.2 Å². The molecule has 0 unspecified atom stereocenters. The summed E-state index contributed by atoms with van der Waals surface area (Å²) >= 11 is 3.50. The number of sulfone groups is 2. The molecule has 0 radical (unpaired) electrons. The van der Waals surface area contributed by atoms with Gasteiger partial charge in [-0.15, -0.1) is 0 Å². The number of carbonyl (C=O) groups is 2. The summed E-state index contributed by atoms with van der Waals surface area (Å²) in [7, 11) is 20.7. The van der Waals surface area contributed by atoms with Gasteiger partial charge in [-0.25, -0.2) is 16.8 Å². The first-order valence-electron chi connectivity index (χ1n) is 37.4. The smallest absolute Gasteiger partial charge is 0.388 e. The van der Waals surface area contributed by atoms with Crippen LogP contribution in [0.1, 0.15) is 185 Å². The van der Waals surface area contributed by atoms with E-state index in [0.29, 0.717) is 10.8 Å². The molecule has 5 rings (SSSR count). The van der Waals surface area contributed by atoms with Gasteiger partial charge in [0.05, 0.1) is 0 Å². The SMILES string of the molecule is CC.CC(C)(C(F)(F)F)C(F)(F)F.CC(C)(C(F)(F)F)C(F)(F)F.CC(C)(C)C.CC(C)(C)C.CC(C)=O.CC(C)=O.CCC.CCC.CCC.COC.COC.COC.COC.COC.COC.COC.COC.CS(C)(=O)=O.CS(C)(=O)=O.CSC.CSC.c1ccccc1.c1ccccc1.c1ccccc1.c1ccccc1.c1ccccc1. The minimum atomic E-state index is -5.24. The van der Waals surface area contributed by atoms with Crippen LogP contribution < -0.4 is 0 Å².